The molecule has 486 valence electrons. The Bertz CT molecular complexity index is 1650. The Morgan fingerprint density at radius 1 is 0.341 bits per heavy atom. The highest BCUT2D eigenvalue weighted by atomic mass is 31.2. The van der Waals surface area contributed by atoms with Crippen LogP contribution in [0.1, 0.15) is 299 Å². The Labute approximate surface area is 498 Å². The van der Waals surface area contributed by atoms with Crippen molar-refractivity contribution in [2.24, 2.45) is 23.7 Å². The Morgan fingerprint density at radius 2 is 0.585 bits per heavy atom. The molecule has 17 nitrogen and oxygen atoms in total. The second-order valence-electron chi connectivity index (χ2n) is 24.5. The normalized spacial score (nSPS) is 14.8. The maximum atomic E-state index is 13.0. The summed E-state index contributed by atoms with van der Waals surface area (Å²) in [6.07, 6.45) is 32.3. The van der Waals surface area contributed by atoms with E-state index >= 15 is 0 Å². The fourth-order valence-corrected chi connectivity index (χ4v) is 10.8. The third kappa shape index (κ3) is 55.9. The van der Waals surface area contributed by atoms with Gasteiger partial charge in [0.15, 0.2) is 12.2 Å². The van der Waals surface area contributed by atoms with Gasteiger partial charge in [-0.25, -0.2) is 9.13 Å². The molecule has 0 aliphatic heterocycles. The Balaban J connectivity index is 5.26. The number of ether oxygens (including phenoxy) is 4. The number of carbonyl (C=O) groups excluding carboxylic acids is 4. The predicted octanol–water partition coefficient (Wildman–Crippen LogP) is 17.0. The lowest BCUT2D eigenvalue weighted by atomic mass is 10.00. The van der Waals surface area contributed by atoms with Crippen molar-refractivity contribution in [3.8, 4) is 0 Å². The van der Waals surface area contributed by atoms with E-state index in [0.717, 1.165) is 114 Å². The van der Waals surface area contributed by atoms with Crippen LogP contribution in [-0.2, 0) is 65.4 Å². The standard InChI is InChI=1S/C63H122O17P2/c1-9-56(8)42-34-26-21-22-30-38-46-63(68)80-59(50-74-61(66)44-36-28-20-14-17-25-33-41-55(6)7)52-78-82(71,72)76-48-57(64)47-75-81(69,70)77-51-58(79-62(67)45-37-29-19-13-11-16-24-32-40-54(4)5)49-73-60(65)43-35-27-18-12-10-15-23-31-39-53(2)3/h53-59,64H,9-52H2,1-8H3,(H,69,70)(H,71,72)/t56?,57?,58-,59-/m1/s1. The zero-order chi connectivity index (χ0) is 61.1. The topological polar surface area (TPSA) is 237 Å². The van der Waals surface area contributed by atoms with Gasteiger partial charge in [-0.1, -0.05) is 248 Å². The highest BCUT2D eigenvalue weighted by Crippen LogP contribution is 2.45. The van der Waals surface area contributed by atoms with Crippen LogP contribution in [0, 0.1) is 23.7 Å². The van der Waals surface area contributed by atoms with E-state index in [-0.39, 0.29) is 25.7 Å². The third-order valence-corrected chi connectivity index (χ3v) is 16.6. The van der Waals surface area contributed by atoms with Crippen molar-refractivity contribution in [1.29, 1.82) is 0 Å². The van der Waals surface area contributed by atoms with Crippen molar-refractivity contribution >= 4 is 39.5 Å². The van der Waals surface area contributed by atoms with E-state index < -0.39 is 97.5 Å². The van der Waals surface area contributed by atoms with Crippen molar-refractivity contribution in [3.05, 3.63) is 0 Å². The molecule has 0 aliphatic rings. The van der Waals surface area contributed by atoms with Crippen LogP contribution in [0.2, 0.25) is 0 Å². The van der Waals surface area contributed by atoms with Gasteiger partial charge in [-0.05, 0) is 49.4 Å². The quantitative estimate of drug-likeness (QED) is 0.0222. The van der Waals surface area contributed by atoms with E-state index in [2.05, 4.69) is 55.4 Å². The maximum absolute atomic E-state index is 13.0. The number of hydrogen-bond acceptors (Lipinski definition) is 15. The third-order valence-electron chi connectivity index (χ3n) is 14.7. The molecule has 0 aromatic rings. The number of phosphoric acid groups is 2. The number of carbonyl (C=O) groups is 4. The average Bonchev–Trinajstić information content (AvgIpc) is 3.45. The van der Waals surface area contributed by atoms with Gasteiger partial charge in [-0.2, -0.15) is 0 Å². The number of aliphatic hydroxyl groups excluding tert-OH is 1. The van der Waals surface area contributed by atoms with Crippen molar-refractivity contribution in [1.82, 2.24) is 0 Å². The van der Waals surface area contributed by atoms with Crippen LogP contribution in [-0.4, -0.2) is 96.7 Å². The summed E-state index contributed by atoms with van der Waals surface area (Å²) in [6, 6.07) is 0. The Morgan fingerprint density at radius 3 is 0.866 bits per heavy atom. The smallest absolute Gasteiger partial charge is 0.462 e. The summed E-state index contributed by atoms with van der Waals surface area (Å²) in [5.41, 5.74) is 0. The van der Waals surface area contributed by atoms with Crippen LogP contribution in [0.15, 0.2) is 0 Å². The van der Waals surface area contributed by atoms with Gasteiger partial charge in [0.2, 0.25) is 0 Å². The summed E-state index contributed by atoms with van der Waals surface area (Å²) in [5.74, 6) is 0.725. The molecule has 0 aromatic heterocycles. The summed E-state index contributed by atoms with van der Waals surface area (Å²) >= 11 is 0. The molecule has 0 fully saturated rings. The van der Waals surface area contributed by atoms with Gasteiger partial charge in [-0.15, -0.1) is 0 Å². The number of esters is 4. The molecule has 19 heteroatoms. The van der Waals surface area contributed by atoms with E-state index in [1.54, 1.807) is 0 Å². The molecule has 0 radical (unpaired) electrons. The van der Waals surface area contributed by atoms with Crippen LogP contribution in [0.5, 0.6) is 0 Å². The molecule has 0 aliphatic carbocycles. The minimum atomic E-state index is -4.94. The number of rotatable bonds is 60. The van der Waals surface area contributed by atoms with E-state index in [0.29, 0.717) is 31.6 Å². The zero-order valence-corrected chi connectivity index (χ0v) is 54.9. The Hall–Kier alpha value is -1.94. The molecule has 0 rings (SSSR count). The predicted molar refractivity (Wildman–Crippen MR) is 326 cm³/mol. The van der Waals surface area contributed by atoms with Crippen molar-refractivity contribution in [2.45, 2.75) is 318 Å². The summed E-state index contributed by atoms with van der Waals surface area (Å²) in [5, 5.41) is 10.5. The summed E-state index contributed by atoms with van der Waals surface area (Å²) in [4.78, 5) is 72.1. The molecular formula is C63H122O17P2. The minimum absolute atomic E-state index is 0.101. The van der Waals surface area contributed by atoms with Gasteiger partial charge in [0.05, 0.1) is 26.4 Å². The first-order valence-electron chi connectivity index (χ1n) is 32.7. The van der Waals surface area contributed by atoms with Crippen LogP contribution in [0.4, 0.5) is 0 Å². The molecule has 0 bridgehead atoms. The molecule has 0 amide bonds. The molecule has 0 saturated heterocycles. The van der Waals surface area contributed by atoms with Crippen molar-refractivity contribution < 1.29 is 80.2 Å². The first-order valence-corrected chi connectivity index (χ1v) is 35.7. The highest BCUT2D eigenvalue weighted by Gasteiger charge is 2.30. The van der Waals surface area contributed by atoms with Gasteiger partial charge in [-0.3, -0.25) is 37.3 Å². The highest BCUT2D eigenvalue weighted by molar-refractivity contribution is 7.47. The first-order chi connectivity index (χ1) is 39.1. The summed E-state index contributed by atoms with van der Waals surface area (Å²) in [6.45, 7) is 13.9. The largest absolute Gasteiger partial charge is 0.472 e. The number of phosphoric ester groups is 2. The average molecular weight is 1210 g/mol. The lowest BCUT2D eigenvalue weighted by Crippen LogP contribution is -2.30. The van der Waals surface area contributed by atoms with Crippen LogP contribution in [0.25, 0.3) is 0 Å². The van der Waals surface area contributed by atoms with E-state index in [4.69, 9.17) is 37.0 Å². The lowest BCUT2D eigenvalue weighted by molar-refractivity contribution is -0.161. The molecule has 0 saturated carbocycles. The van der Waals surface area contributed by atoms with E-state index in [1.165, 1.54) is 96.3 Å². The van der Waals surface area contributed by atoms with Gasteiger partial charge in [0, 0.05) is 25.7 Å². The van der Waals surface area contributed by atoms with E-state index in [9.17, 15) is 43.2 Å². The number of aliphatic hydroxyl groups is 1. The zero-order valence-electron chi connectivity index (χ0n) is 53.1. The van der Waals surface area contributed by atoms with Crippen LogP contribution >= 0.6 is 15.6 Å². The van der Waals surface area contributed by atoms with Gasteiger partial charge < -0.3 is 33.8 Å². The van der Waals surface area contributed by atoms with Gasteiger partial charge in [0.1, 0.15) is 19.3 Å². The second-order valence-corrected chi connectivity index (χ2v) is 27.4. The lowest BCUT2D eigenvalue weighted by Gasteiger charge is -2.21. The van der Waals surface area contributed by atoms with Crippen molar-refractivity contribution in [3.63, 3.8) is 0 Å². The molecule has 0 aromatic carbocycles. The second kappa shape index (κ2) is 53.3. The van der Waals surface area contributed by atoms with Gasteiger partial charge >= 0.3 is 39.5 Å². The molecule has 3 N–H and O–H groups in total. The van der Waals surface area contributed by atoms with Crippen molar-refractivity contribution in [2.75, 3.05) is 39.6 Å². The molecule has 4 unspecified atom stereocenters. The van der Waals surface area contributed by atoms with Gasteiger partial charge in [0.25, 0.3) is 0 Å². The number of unbranched alkanes of at least 4 members (excludes halogenated alkanes) is 25. The maximum Gasteiger partial charge on any atom is 0.472 e. The van der Waals surface area contributed by atoms with E-state index in [1.807, 2.05) is 0 Å². The minimum Gasteiger partial charge on any atom is -0.462 e. The van der Waals surface area contributed by atoms with Crippen LogP contribution in [0.3, 0.4) is 0 Å². The monoisotopic (exact) mass is 1210 g/mol. The molecular weight excluding hydrogens is 1090 g/mol. The molecule has 0 heterocycles. The molecule has 0 spiro atoms. The fourth-order valence-electron chi connectivity index (χ4n) is 9.22. The summed E-state index contributed by atoms with van der Waals surface area (Å²) in [7, 11) is -9.89. The first kappa shape index (κ1) is 80.1. The SMILES string of the molecule is CCC(C)CCCCCCCCC(=O)O[C@H](COC(=O)CCCCCCCCCC(C)C)COP(=O)(O)OCC(O)COP(=O)(O)OC[C@@H](COC(=O)CCCCCCCCCCC(C)C)OC(=O)CCCCCCCCCCC(C)C. The number of hydrogen-bond donors (Lipinski definition) is 3. The summed E-state index contributed by atoms with van der Waals surface area (Å²) < 4.78 is 67.9. The molecule has 82 heavy (non-hydrogen) atoms. The fraction of sp³-hybridized carbons (Fsp3) is 0.937. The van der Waals surface area contributed by atoms with Crippen LogP contribution < -0.4 is 0 Å². The Kier molecular flexibility index (Phi) is 52.0. The molecule has 6 atom stereocenters.